The van der Waals surface area contributed by atoms with E-state index in [-0.39, 0.29) is 16.9 Å². The maximum Gasteiger partial charge on any atom is 0.488 e. The van der Waals surface area contributed by atoms with Crippen LogP contribution in [0, 0.1) is 6.92 Å². The highest BCUT2D eigenvalue weighted by atomic mass is 32.3. The van der Waals surface area contributed by atoms with Crippen molar-refractivity contribution < 1.29 is 20.9 Å². The van der Waals surface area contributed by atoms with Crippen LogP contribution in [0.1, 0.15) is 24.5 Å². The van der Waals surface area contributed by atoms with Crippen LogP contribution in [0.5, 0.6) is 5.75 Å². The van der Waals surface area contributed by atoms with Crippen LogP contribution in [0.3, 0.4) is 0 Å². The van der Waals surface area contributed by atoms with Crippen molar-refractivity contribution in [1.29, 1.82) is 0 Å². The largest absolute Gasteiger partial charge is 0.488 e. The van der Waals surface area contributed by atoms with Crippen molar-refractivity contribution in [3.8, 4) is 5.75 Å². The molecule has 1 heterocycles. The zero-order valence-electron chi connectivity index (χ0n) is 11.0. The molecule has 0 unspecified atom stereocenters. The Balaban J connectivity index is 2.70. The molecule has 7 heteroatoms. The Morgan fingerprint density at radius 3 is 2.65 bits per heavy atom. The Hall–Kier alpha value is -1.89. The fourth-order valence-corrected chi connectivity index (χ4v) is 2.48. The van der Waals surface area contributed by atoms with E-state index in [2.05, 4.69) is 4.18 Å². The van der Waals surface area contributed by atoms with Gasteiger partial charge in [-0.05, 0) is 31.0 Å². The number of benzene rings is 1. The highest BCUT2D eigenvalue weighted by Gasteiger charge is 2.16. The van der Waals surface area contributed by atoms with E-state index < -0.39 is 16.1 Å². The average molecular weight is 300 g/mol. The molecule has 2 rings (SSSR count). The van der Waals surface area contributed by atoms with Gasteiger partial charge in [-0.15, -0.1) is 0 Å². The molecule has 108 valence electrons. The quantitative estimate of drug-likeness (QED) is 0.641. The molecule has 20 heavy (non-hydrogen) atoms. The normalized spacial score (nSPS) is 11.8. The Kier molecular flexibility index (Phi) is 3.80. The third-order valence-electron chi connectivity index (χ3n) is 2.91. The molecule has 0 bridgehead atoms. The first-order valence-electron chi connectivity index (χ1n) is 6.02. The Labute approximate surface area is 115 Å². The number of hydrogen-bond acceptors (Lipinski definition) is 5. The van der Waals surface area contributed by atoms with Crippen LogP contribution in [-0.2, 0) is 16.9 Å². The summed E-state index contributed by atoms with van der Waals surface area (Å²) in [5.74, 6) is -0.197. The highest BCUT2D eigenvalue weighted by molar-refractivity contribution is 7.81. The molecule has 0 N–H and O–H groups in total. The van der Waals surface area contributed by atoms with Gasteiger partial charge in [0.2, 0.25) is 0 Å². The number of aryl methyl sites for hydroxylation is 2. The first-order chi connectivity index (χ1) is 9.31. The second-order valence-electron chi connectivity index (χ2n) is 4.38. The number of halogens is 1. The van der Waals surface area contributed by atoms with Crippen LogP contribution in [0.4, 0.5) is 3.89 Å². The van der Waals surface area contributed by atoms with Crippen LogP contribution >= 0.6 is 0 Å². The van der Waals surface area contributed by atoms with Crippen LogP contribution < -0.4 is 9.81 Å². The molecular weight excluding hydrogens is 287 g/mol. The maximum atomic E-state index is 12.6. The minimum Gasteiger partial charge on any atom is -0.422 e. The van der Waals surface area contributed by atoms with Gasteiger partial charge >= 0.3 is 16.1 Å². The van der Waals surface area contributed by atoms with E-state index in [1.807, 2.05) is 6.92 Å². The summed E-state index contributed by atoms with van der Waals surface area (Å²) in [4.78, 5) is 11.5. The van der Waals surface area contributed by atoms with Gasteiger partial charge in [0.05, 0.1) is 0 Å². The third kappa shape index (κ3) is 2.98. The summed E-state index contributed by atoms with van der Waals surface area (Å²) in [6.45, 7) is 3.47. The number of fused-ring (bicyclic) bond motifs is 1. The molecule has 0 aliphatic rings. The van der Waals surface area contributed by atoms with Crippen LogP contribution in [0.15, 0.2) is 27.4 Å². The van der Waals surface area contributed by atoms with Gasteiger partial charge in [-0.3, -0.25) is 0 Å². The minimum atomic E-state index is -5.12. The fourth-order valence-electron chi connectivity index (χ4n) is 2.08. The zero-order valence-corrected chi connectivity index (χ0v) is 11.8. The summed E-state index contributed by atoms with van der Waals surface area (Å²) in [6, 6.07) is 4.29. The van der Waals surface area contributed by atoms with Crippen LogP contribution in [0.25, 0.3) is 11.0 Å². The summed E-state index contributed by atoms with van der Waals surface area (Å²) < 4.78 is 43.0. The van der Waals surface area contributed by atoms with E-state index in [1.54, 1.807) is 6.07 Å². The van der Waals surface area contributed by atoms with Gasteiger partial charge in [-0.25, -0.2) is 4.79 Å². The van der Waals surface area contributed by atoms with E-state index in [0.717, 1.165) is 12.0 Å². The van der Waals surface area contributed by atoms with Gasteiger partial charge < -0.3 is 8.60 Å². The van der Waals surface area contributed by atoms with Crippen molar-refractivity contribution >= 4 is 21.5 Å². The van der Waals surface area contributed by atoms with Crippen molar-refractivity contribution in [3.63, 3.8) is 0 Å². The van der Waals surface area contributed by atoms with Crippen molar-refractivity contribution in [2.24, 2.45) is 0 Å². The van der Waals surface area contributed by atoms with Crippen LogP contribution in [-0.4, -0.2) is 8.42 Å². The van der Waals surface area contributed by atoms with Gasteiger partial charge in [0, 0.05) is 17.0 Å². The smallest absolute Gasteiger partial charge is 0.422 e. The van der Waals surface area contributed by atoms with Gasteiger partial charge in [-0.2, -0.15) is 8.42 Å². The fraction of sp³-hybridized carbons (Fsp3) is 0.308. The standard InChI is InChI=1S/C13H13FO5S/c1-3-4-9-7-12(15)18-13-8(2)11(6-5-10(9)13)19-20(14,16)17/h5-7H,3-4H2,1-2H3. The maximum absolute atomic E-state index is 12.6. The molecule has 0 saturated carbocycles. The van der Waals surface area contributed by atoms with Gasteiger partial charge in [0.15, 0.2) is 5.75 Å². The van der Waals surface area contributed by atoms with Crippen molar-refractivity contribution in [3.05, 3.63) is 39.7 Å². The van der Waals surface area contributed by atoms with Crippen LogP contribution in [0.2, 0.25) is 0 Å². The van der Waals surface area contributed by atoms with Gasteiger partial charge in [-0.1, -0.05) is 17.2 Å². The number of hydrogen-bond donors (Lipinski definition) is 0. The molecule has 0 radical (unpaired) electrons. The van der Waals surface area contributed by atoms with Crippen molar-refractivity contribution in [2.75, 3.05) is 0 Å². The molecule has 5 nitrogen and oxygen atoms in total. The third-order valence-corrected chi connectivity index (χ3v) is 3.28. The highest BCUT2D eigenvalue weighted by Crippen LogP contribution is 2.29. The molecular formula is C13H13FO5S. The second kappa shape index (κ2) is 5.24. The summed E-state index contributed by atoms with van der Waals surface area (Å²) in [5.41, 5.74) is 0.738. The predicted molar refractivity (Wildman–Crippen MR) is 71.9 cm³/mol. The Bertz CT molecular complexity index is 807. The molecule has 0 spiro atoms. The minimum absolute atomic E-state index is 0.197. The first-order valence-corrected chi connectivity index (χ1v) is 7.33. The molecule has 0 aliphatic heterocycles. The molecule has 0 atom stereocenters. The Morgan fingerprint density at radius 2 is 2.05 bits per heavy atom. The Morgan fingerprint density at radius 1 is 1.35 bits per heavy atom. The lowest BCUT2D eigenvalue weighted by Crippen LogP contribution is -2.05. The lowest BCUT2D eigenvalue weighted by molar-refractivity contribution is 0.438. The van der Waals surface area contributed by atoms with Crippen molar-refractivity contribution in [2.45, 2.75) is 26.7 Å². The lowest BCUT2D eigenvalue weighted by atomic mass is 10.0. The summed E-state index contributed by atoms with van der Waals surface area (Å²) >= 11 is 0. The second-order valence-corrected chi connectivity index (χ2v) is 5.34. The first kappa shape index (κ1) is 14.5. The molecule has 2 aromatic rings. The van der Waals surface area contributed by atoms with E-state index in [4.69, 9.17) is 4.42 Å². The SMILES string of the molecule is CCCc1cc(=O)oc2c(C)c(OS(=O)(=O)F)ccc12. The van der Waals surface area contributed by atoms with E-state index in [9.17, 15) is 17.1 Å². The summed E-state index contributed by atoms with van der Waals surface area (Å²) in [5, 5.41) is 0.688. The molecule has 0 amide bonds. The van der Waals surface area contributed by atoms with E-state index >= 15 is 0 Å². The lowest BCUT2D eigenvalue weighted by Gasteiger charge is -2.09. The van der Waals surface area contributed by atoms with Crippen molar-refractivity contribution in [1.82, 2.24) is 0 Å². The topological polar surface area (TPSA) is 73.6 Å². The zero-order chi connectivity index (χ0) is 14.9. The van der Waals surface area contributed by atoms with Gasteiger partial charge in [0.25, 0.3) is 0 Å². The summed E-state index contributed by atoms with van der Waals surface area (Å²) in [6.07, 6.45) is 1.53. The van der Waals surface area contributed by atoms with E-state index in [0.29, 0.717) is 11.8 Å². The monoisotopic (exact) mass is 300 g/mol. The summed E-state index contributed by atoms with van der Waals surface area (Å²) in [7, 11) is -5.12. The van der Waals surface area contributed by atoms with E-state index in [1.165, 1.54) is 19.1 Å². The molecule has 0 fully saturated rings. The molecule has 0 aliphatic carbocycles. The average Bonchev–Trinajstić information content (AvgIpc) is 2.32. The molecule has 0 saturated heterocycles. The molecule has 1 aromatic carbocycles. The number of rotatable bonds is 4. The molecule has 1 aromatic heterocycles. The predicted octanol–water partition coefficient (Wildman–Crippen LogP) is 2.65. The van der Waals surface area contributed by atoms with Gasteiger partial charge in [0.1, 0.15) is 5.58 Å².